The Bertz CT molecular complexity index is 458. The van der Waals surface area contributed by atoms with Crippen LogP contribution in [0.2, 0.25) is 0 Å². The van der Waals surface area contributed by atoms with E-state index in [0.29, 0.717) is 18.2 Å². The summed E-state index contributed by atoms with van der Waals surface area (Å²) in [5.41, 5.74) is 0.899. The smallest absolute Gasteiger partial charge is 0.311 e. The molecule has 1 aliphatic heterocycles. The molecule has 0 saturated carbocycles. The minimum absolute atomic E-state index is 0.0102. The first-order valence-corrected chi connectivity index (χ1v) is 6.80. The van der Waals surface area contributed by atoms with Gasteiger partial charge in [0, 0.05) is 25.8 Å². The van der Waals surface area contributed by atoms with Gasteiger partial charge in [-0.1, -0.05) is 6.07 Å². The minimum atomic E-state index is -0.418. The second-order valence-electron chi connectivity index (χ2n) is 4.96. The van der Waals surface area contributed by atoms with Gasteiger partial charge in [0.25, 0.3) is 0 Å². The van der Waals surface area contributed by atoms with Crippen LogP contribution in [0.3, 0.4) is 0 Å². The largest absolute Gasteiger partial charge is 0.490 e. The molecule has 2 rings (SSSR count). The Morgan fingerprint density at radius 2 is 2.40 bits per heavy atom. The molecule has 0 bridgehead atoms. The summed E-state index contributed by atoms with van der Waals surface area (Å²) in [4.78, 5) is 10.5. The molecule has 1 aliphatic rings. The second-order valence-corrected chi connectivity index (χ2v) is 4.96. The van der Waals surface area contributed by atoms with E-state index in [1.807, 2.05) is 6.07 Å². The molecule has 0 aliphatic carbocycles. The fourth-order valence-corrected chi connectivity index (χ4v) is 2.34. The van der Waals surface area contributed by atoms with Gasteiger partial charge in [0.1, 0.15) is 0 Å². The summed E-state index contributed by atoms with van der Waals surface area (Å²) < 4.78 is 10.3. The van der Waals surface area contributed by atoms with Crippen LogP contribution in [0.4, 0.5) is 5.69 Å². The fourth-order valence-electron chi connectivity index (χ4n) is 2.34. The van der Waals surface area contributed by atoms with Gasteiger partial charge in [-0.05, 0) is 36.9 Å². The number of methoxy groups -OCH3 is 1. The van der Waals surface area contributed by atoms with E-state index < -0.39 is 4.92 Å². The molecule has 1 N–H and O–H groups in total. The van der Waals surface area contributed by atoms with Crippen molar-refractivity contribution in [1.29, 1.82) is 0 Å². The average molecular weight is 280 g/mol. The summed E-state index contributed by atoms with van der Waals surface area (Å²) in [5, 5.41) is 14.2. The number of rotatable bonds is 7. The summed E-state index contributed by atoms with van der Waals surface area (Å²) in [7, 11) is 1.43. The molecule has 6 heteroatoms. The molecule has 1 saturated heterocycles. The highest BCUT2D eigenvalue weighted by Gasteiger charge is 2.16. The lowest BCUT2D eigenvalue weighted by molar-refractivity contribution is -0.385. The Balaban J connectivity index is 1.83. The molecule has 1 atom stereocenters. The normalized spacial score (nSPS) is 18.1. The van der Waals surface area contributed by atoms with Crippen LogP contribution in [-0.2, 0) is 11.3 Å². The van der Waals surface area contributed by atoms with Gasteiger partial charge in [0.2, 0.25) is 0 Å². The highest BCUT2D eigenvalue weighted by molar-refractivity contribution is 5.48. The number of benzene rings is 1. The number of hydrogen-bond donors (Lipinski definition) is 1. The molecular formula is C14H20N2O4. The van der Waals surface area contributed by atoms with Crippen LogP contribution < -0.4 is 10.1 Å². The third-order valence-corrected chi connectivity index (χ3v) is 3.52. The first-order chi connectivity index (χ1) is 9.70. The van der Waals surface area contributed by atoms with Gasteiger partial charge in [-0.25, -0.2) is 0 Å². The molecular weight excluding hydrogens is 260 g/mol. The van der Waals surface area contributed by atoms with Crippen molar-refractivity contribution in [2.24, 2.45) is 5.92 Å². The standard InChI is InChI=1S/C14H20N2O4/c1-19-14-3-2-12(8-13(14)16(17)18)9-15-6-4-11-5-7-20-10-11/h2-3,8,11,15H,4-7,9-10H2,1H3. The van der Waals surface area contributed by atoms with Crippen molar-refractivity contribution in [3.05, 3.63) is 33.9 Å². The topological polar surface area (TPSA) is 73.6 Å². The first-order valence-electron chi connectivity index (χ1n) is 6.80. The number of nitro benzene ring substituents is 1. The van der Waals surface area contributed by atoms with Crippen LogP contribution in [0.1, 0.15) is 18.4 Å². The van der Waals surface area contributed by atoms with Crippen LogP contribution in [0, 0.1) is 16.0 Å². The lowest BCUT2D eigenvalue weighted by Crippen LogP contribution is -2.18. The molecule has 1 heterocycles. The second kappa shape index (κ2) is 7.21. The Hall–Kier alpha value is -1.66. The van der Waals surface area contributed by atoms with E-state index in [1.54, 1.807) is 12.1 Å². The quantitative estimate of drug-likeness (QED) is 0.470. The van der Waals surface area contributed by atoms with Gasteiger partial charge < -0.3 is 14.8 Å². The van der Waals surface area contributed by atoms with Crippen LogP contribution in [-0.4, -0.2) is 31.8 Å². The molecule has 1 aromatic carbocycles. The average Bonchev–Trinajstić information content (AvgIpc) is 2.96. The maximum Gasteiger partial charge on any atom is 0.311 e. The van der Waals surface area contributed by atoms with Crippen LogP contribution in [0.25, 0.3) is 0 Å². The molecule has 6 nitrogen and oxygen atoms in total. The molecule has 0 amide bonds. The monoisotopic (exact) mass is 280 g/mol. The predicted molar refractivity (Wildman–Crippen MR) is 74.9 cm³/mol. The molecule has 0 spiro atoms. The number of nitro groups is 1. The highest BCUT2D eigenvalue weighted by Crippen LogP contribution is 2.27. The van der Waals surface area contributed by atoms with E-state index in [-0.39, 0.29) is 5.69 Å². The third-order valence-electron chi connectivity index (χ3n) is 3.52. The van der Waals surface area contributed by atoms with Crippen molar-refractivity contribution in [1.82, 2.24) is 5.32 Å². The van der Waals surface area contributed by atoms with Gasteiger partial charge in [-0.15, -0.1) is 0 Å². The van der Waals surface area contributed by atoms with E-state index in [9.17, 15) is 10.1 Å². The first kappa shape index (κ1) is 14.7. The van der Waals surface area contributed by atoms with Crippen molar-refractivity contribution < 1.29 is 14.4 Å². The summed E-state index contributed by atoms with van der Waals surface area (Å²) >= 11 is 0. The Morgan fingerprint density at radius 1 is 1.55 bits per heavy atom. The fraction of sp³-hybridized carbons (Fsp3) is 0.571. The van der Waals surface area contributed by atoms with Crippen LogP contribution >= 0.6 is 0 Å². The van der Waals surface area contributed by atoms with Gasteiger partial charge in [-0.2, -0.15) is 0 Å². The van der Waals surface area contributed by atoms with Gasteiger partial charge in [0.15, 0.2) is 5.75 Å². The Morgan fingerprint density at radius 3 is 3.05 bits per heavy atom. The number of ether oxygens (including phenoxy) is 2. The zero-order valence-corrected chi connectivity index (χ0v) is 11.6. The minimum Gasteiger partial charge on any atom is -0.490 e. The zero-order valence-electron chi connectivity index (χ0n) is 11.6. The number of nitrogens with zero attached hydrogens (tertiary/aromatic N) is 1. The van der Waals surface area contributed by atoms with E-state index in [1.165, 1.54) is 7.11 Å². The van der Waals surface area contributed by atoms with E-state index in [2.05, 4.69) is 5.32 Å². The molecule has 20 heavy (non-hydrogen) atoms. The molecule has 0 radical (unpaired) electrons. The van der Waals surface area contributed by atoms with Crippen molar-refractivity contribution in [3.63, 3.8) is 0 Å². The summed E-state index contributed by atoms with van der Waals surface area (Å²) in [5.74, 6) is 0.939. The SMILES string of the molecule is COc1ccc(CNCCC2CCOC2)cc1[N+](=O)[O-]. The zero-order chi connectivity index (χ0) is 14.4. The van der Waals surface area contributed by atoms with Gasteiger partial charge in [-0.3, -0.25) is 10.1 Å². The number of nitrogens with one attached hydrogen (secondary N) is 1. The molecule has 0 aromatic heterocycles. The van der Waals surface area contributed by atoms with Crippen molar-refractivity contribution in [2.75, 3.05) is 26.9 Å². The van der Waals surface area contributed by atoms with E-state index >= 15 is 0 Å². The molecule has 110 valence electrons. The maximum atomic E-state index is 10.9. The highest BCUT2D eigenvalue weighted by atomic mass is 16.6. The van der Waals surface area contributed by atoms with Gasteiger partial charge in [0.05, 0.1) is 12.0 Å². The summed E-state index contributed by atoms with van der Waals surface area (Å²) in [6.07, 6.45) is 2.22. The summed E-state index contributed by atoms with van der Waals surface area (Å²) in [6, 6.07) is 5.04. The maximum absolute atomic E-state index is 10.9. The Kier molecular flexibility index (Phi) is 5.31. The number of hydrogen-bond acceptors (Lipinski definition) is 5. The lowest BCUT2D eigenvalue weighted by Gasteiger charge is -2.09. The van der Waals surface area contributed by atoms with Crippen molar-refractivity contribution in [3.8, 4) is 5.75 Å². The lowest BCUT2D eigenvalue weighted by atomic mass is 10.1. The third kappa shape index (κ3) is 3.91. The molecule has 1 unspecified atom stereocenters. The van der Waals surface area contributed by atoms with Crippen LogP contribution in [0.5, 0.6) is 5.75 Å². The molecule has 1 aromatic rings. The van der Waals surface area contributed by atoms with E-state index in [0.717, 1.165) is 38.2 Å². The Labute approximate surface area is 118 Å². The van der Waals surface area contributed by atoms with Crippen LogP contribution in [0.15, 0.2) is 18.2 Å². The predicted octanol–water partition coefficient (Wildman–Crippen LogP) is 2.12. The van der Waals surface area contributed by atoms with Crippen molar-refractivity contribution in [2.45, 2.75) is 19.4 Å². The summed E-state index contributed by atoms with van der Waals surface area (Å²) in [6.45, 7) is 3.25. The molecule has 1 fully saturated rings. The van der Waals surface area contributed by atoms with Crippen molar-refractivity contribution >= 4 is 5.69 Å². The van der Waals surface area contributed by atoms with E-state index in [4.69, 9.17) is 9.47 Å². The van der Waals surface area contributed by atoms with Gasteiger partial charge >= 0.3 is 5.69 Å².